The molecule has 31 heavy (non-hydrogen) atoms. The molecule has 0 unspecified atom stereocenters. The molecule has 0 atom stereocenters. The first kappa shape index (κ1) is 21.7. The largest absolute Gasteiger partial charge is 0.435 e. The number of alkyl halides is 6. The van der Waals surface area contributed by atoms with Gasteiger partial charge >= 0.3 is 12.4 Å². The molecule has 4 rings (SSSR count). The molecule has 0 bridgehead atoms. The van der Waals surface area contributed by atoms with Gasteiger partial charge in [-0.25, -0.2) is 0 Å². The van der Waals surface area contributed by atoms with Gasteiger partial charge in [-0.2, -0.15) is 36.5 Å². The Kier molecular flexibility index (Phi) is 5.29. The Balaban J connectivity index is 1.59. The Bertz CT molecular complexity index is 1140. The standard InChI is InChI=1S/C14H8F6N8S3/c1-27-3-5(7(25-27)13(15,16)17)9-21-23-11(29-9)31-12-24-22-10(30-12)6-4-28(2)26-8(6)14(18,19)20/h3-4H,1-2H3. The number of nitrogens with zero attached hydrogens (tertiary/aromatic N) is 8. The number of hydrogen-bond acceptors (Lipinski definition) is 9. The van der Waals surface area contributed by atoms with Crippen LogP contribution in [0.15, 0.2) is 21.1 Å². The second kappa shape index (κ2) is 7.56. The van der Waals surface area contributed by atoms with E-state index in [9.17, 15) is 26.3 Å². The van der Waals surface area contributed by atoms with Crippen molar-refractivity contribution in [2.24, 2.45) is 14.1 Å². The van der Waals surface area contributed by atoms with Crippen LogP contribution in [0.5, 0.6) is 0 Å². The van der Waals surface area contributed by atoms with Crippen molar-refractivity contribution in [3.8, 4) is 21.1 Å². The number of aryl methyl sites for hydroxylation is 2. The van der Waals surface area contributed by atoms with Crippen molar-refractivity contribution in [1.29, 1.82) is 0 Å². The highest BCUT2D eigenvalue weighted by Gasteiger charge is 2.39. The lowest BCUT2D eigenvalue weighted by Crippen LogP contribution is -2.08. The topological polar surface area (TPSA) is 87.2 Å². The first-order valence-electron chi connectivity index (χ1n) is 7.99. The van der Waals surface area contributed by atoms with E-state index in [4.69, 9.17) is 0 Å². The van der Waals surface area contributed by atoms with Crippen LogP contribution in [0.3, 0.4) is 0 Å². The maximum Gasteiger partial charge on any atom is 0.435 e. The molecule has 0 radical (unpaired) electrons. The van der Waals surface area contributed by atoms with Gasteiger partial charge in [0.1, 0.15) is 0 Å². The van der Waals surface area contributed by atoms with Crippen LogP contribution >= 0.6 is 34.4 Å². The Morgan fingerprint density at radius 1 is 0.710 bits per heavy atom. The van der Waals surface area contributed by atoms with Crippen LogP contribution in [-0.4, -0.2) is 40.0 Å². The molecule has 4 aromatic rings. The second-order valence-corrected chi connectivity index (χ2v) is 9.42. The molecule has 0 N–H and O–H groups in total. The lowest BCUT2D eigenvalue weighted by atomic mass is 10.2. The summed E-state index contributed by atoms with van der Waals surface area (Å²) in [5.74, 6) is 0. The zero-order valence-electron chi connectivity index (χ0n) is 15.2. The van der Waals surface area contributed by atoms with Crippen molar-refractivity contribution in [3.63, 3.8) is 0 Å². The van der Waals surface area contributed by atoms with Gasteiger partial charge in [-0.3, -0.25) is 9.36 Å². The number of halogens is 6. The molecule has 0 aliphatic rings. The molecule has 4 heterocycles. The van der Waals surface area contributed by atoms with Crippen LogP contribution in [0.2, 0.25) is 0 Å². The van der Waals surface area contributed by atoms with Gasteiger partial charge in [0.15, 0.2) is 30.1 Å². The minimum absolute atomic E-state index is 0.000666. The number of rotatable bonds is 4. The fraction of sp³-hybridized carbons (Fsp3) is 0.286. The van der Waals surface area contributed by atoms with Crippen LogP contribution in [0.4, 0.5) is 26.3 Å². The summed E-state index contributed by atoms with van der Waals surface area (Å²) in [6, 6.07) is 0. The maximum absolute atomic E-state index is 13.2. The summed E-state index contributed by atoms with van der Waals surface area (Å²) in [4.78, 5) is 0. The summed E-state index contributed by atoms with van der Waals surface area (Å²) in [5.41, 5.74) is -2.61. The van der Waals surface area contributed by atoms with E-state index in [1.165, 1.54) is 26.5 Å². The number of hydrogen-bond donors (Lipinski definition) is 0. The van der Waals surface area contributed by atoms with E-state index in [2.05, 4.69) is 30.6 Å². The van der Waals surface area contributed by atoms with Crippen LogP contribution in [0, 0.1) is 0 Å². The van der Waals surface area contributed by atoms with E-state index in [1.807, 2.05) is 0 Å². The second-order valence-electron chi connectivity index (χ2n) is 5.97. The molecule has 0 aromatic carbocycles. The van der Waals surface area contributed by atoms with Gasteiger partial charge in [-0.05, 0) is 11.8 Å². The molecule has 0 saturated heterocycles. The van der Waals surface area contributed by atoms with E-state index in [0.717, 1.165) is 43.8 Å². The molecule has 0 aliphatic carbocycles. The zero-order valence-corrected chi connectivity index (χ0v) is 17.7. The van der Waals surface area contributed by atoms with Gasteiger partial charge < -0.3 is 0 Å². The molecule has 0 aliphatic heterocycles. The molecule has 4 aromatic heterocycles. The van der Waals surface area contributed by atoms with E-state index >= 15 is 0 Å². The highest BCUT2D eigenvalue weighted by atomic mass is 32.2. The molecule has 17 heteroatoms. The van der Waals surface area contributed by atoms with Gasteiger partial charge in [0.05, 0.1) is 11.1 Å². The van der Waals surface area contributed by atoms with Gasteiger partial charge in [0.25, 0.3) is 0 Å². The lowest BCUT2D eigenvalue weighted by Gasteiger charge is -2.03. The fourth-order valence-electron chi connectivity index (χ4n) is 2.50. The maximum atomic E-state index is 13.2. The molecule has 0 fully saturated rings. The summed E-state index contributed by atoms with van der Waals surface area (Å²) in [5, 5.41) is 22.1. The van der Waals surface area contributed by atoms with Crippen molar-refractivity contribution < 1.29 is 26.3 Å². The molecule has 0 spiro atoms. The Labute approximate surface area is 180 Å². The van der Waals surface area contributed by atoms with Crippen molar-refractivity contribution >= 4 is 34.4 Å². The van der Waals surface area contributed by atoms with Crippen LogP contribution in [0.1, 0.15) is 11.4 Å². The quantitative estimate of drug-likeness (QED) is 0.386. The van der Waals surface area contributed by atoms with Crippen molar-refractivity contribution in [2.75, 3.05) is 0 Å². The highest BCUT2D eigenvalue weighted by Crippen LogP contribution is 2.42. The molecule has 0 saturated carbocycles. The SMILES string of the molecule is Cn1cc(-c2nnc(Sc3nnc(-c4cn(C)nc4C(F)(F)F)s3)s2)c(C(F)(F)F)n1. The molecule has 164 valence electrons. The average molecular weight is 498 g/mol. The minimum atomic E-state index is -4.66. The summed E-state index contributed by atoms with van der Waals surface area (Å²) in [6.45, 7) is 0. The zero-order chi connectivity index (χ0) is 22.6. The van der Waals surface area contributed by atoms with Crippen molar-refractivity contribution in [2.45, 2.75) is 21.0 Å². The molecule has 8 nitrogen and oxygen atoms in total. The molecular formula is C14H8F6N8S3. The van der Waals surface area contributed by atoms with E-state index in [1.54, 1.807) is 0 Å². The summed E-state index contributed by atoms with van der Waals surface area (Å²) in [7, 11) is 2.71. The normalized spacial score (nSPS) is 12.6. The average Bonchev–Trinajstić information content (AvgIpc) is 3.39. The minimum Gasteiger partial charge on any atom is -0.274 e. The van der Waals surface area contributed by atoms with Crippen LogP contribution in [0.25, 0.3) is 21.1 Å². The fourth-order valence-corrected chi connectivity index (χ4v) is 5.43. The van der Waals surface area contributed by atoms with Gasteiger partial charge in [-0.15, -0.1) is 20.4 Å². The Hall–Kier alpha value is -2.53. The van der Waals surface area contributed by atoms with E-state index in [-0.39, 0.29) is 29.8 Å². The van der Waals surface area contributed by atoms with Gasteiger partial charge in [-0.1, -0.05) is 22.7 Å². The van der Waals surface area contributed by atoms with Gasteiger partial charge in [0.2, 0.25) is 0 Å². The number of aromatic nitrogens is 8. The van der Waals surface area contributed by atoms with Gasteiger partial charge in [0, 0.05) is 26.5 Å². The first-order valence-corrected chi connectivity index (χ1v) is 10.4. The van der Waals surface area contributed by atoms with Crippen molar-refractivity contribution in [3.05, 3.63) is 23.8 Å². The highest BCUT2D eigenvalue weighted by molar-refractivity contribution is 8.02. The third-order valence-electron chi connectivity index (χ3n) is 3.64. The lowest BCUT2D eigenvalue weighted by molar-refractivity contribution is -0.141. The van der Waals surface area contributed by atoms with E-state index in [0.29, 0.717) is 0 Å². The first-order chi connectivity index (χ1) is 14.4. The Morgan fingerprint density at radius 3 is 1.45 bits per heavy atom. The van der Waals surface area contributed by atoms with Crippen LogP contribution in [-0.2, 0) is 26.4 Å². The molecule has 0 amide bonds. The third kappa shape index (κ3) is 4.42. The monoisotopic (exact) mass is 498 g/mol. The van der Waals surface area contributed by atoms with Crippen molar-refractivity contribution in [1.82, 2.24) is 40.0 Å². The smallest absolute Gasteiger partial charge is 0.274 e. The third-order valence-corrected chi connectivity index (χ3v) is 6.66. The molecular weight excluding hydrogens is 490 g/mol. The summed E-state index contributed by atoms with van der Waals surface area (Å²) < 4.78 is 81.5. The predicted octanol–water partition coefficient (Wildman–Crippen LogP) is 4.38. The van der Waals surface area contributed by atoms with Crippen LogP contribution < -0.4 is 0 Å². The predicted molar refractivity (Wildman–Crippen MR) is 98.3 cm³/mol. The Morgan fingerprint density at radius 2 is 1.10 bits per heavy atom. The summed E-state index contributed by atoms with van der Waals surface area (Å²) in [6.07, 6.45) is -6.96. The summed E-state index contributed by atoms with van der Waals surface area (Å²) >= 11 is 2.67. The van der Waals surface area contributed by atoms with E-state index < -0.39 is 23.7 Å².